The van der Waals surface area contributed by atoms with Gasteiger partial charge in [-0.1, -0.05) is 192 Å². The number of hydrogen-bond donors (Lipinski definition) is 2. The normalized spacial score (nSPS) is 13.6. The van der Waals surface area contributed by atoms with E-state index < -0.39 is 19.7 Å². The Morgan fingerprint density at radius 2 is 0.658 bits per heavy atom. The lowest BCUT2D eigenvalue weighted by Crippen LogP contribution is -2.18. The van der Waals surface area contributed by atoms with Crippen LogP contribution in [0.25, 0.3) is 45.6 Å². The van der Waals surface area contributed by atoms with Gasteiger partial charge in [0.15, 0.2) is 5.16 Å². The summed E-state index contributed by atoms with van der Waals surface area (Å²) in [5.41, 5.74) is 19.4. The summed E-state index contributed by atoms with van der Waals surface area (Å²) in [6, 6.07) is 57.5. The first-order valence-electron chi connectivity index (χ1n) is 39.0. The van der Waals surface area contributed by atoms with Gasteiger partial charge in [0.1, 0.15) is 0 Å². The van der Waals surface area contributed by atoms with Gasteiger partial charge in [0, 0.05) is 141 Å². The van der Waals surface area contributed by atoms with Gasteiger partial charge in [-0.3, -0.25) is 37.9 Å². The third kappa shape index (κ3) is 19.0. The van der Waals surface area contributed by atoms with Gasteiger partial charge in [0.25, 0.3) is 22.2 Å². The predicted octanol–water partition coefficient (Wildman–Crippen LogP) is 14.4. The Balaban J connectivity index is 0.000000127. The standard InChI is InChI=1S/C25H24ClN5O.2C18H17ClN4O3S.C18H17ClN4OS.C8H11N/c1-17(18-8-3-2-4-9-18)28-25-27-13-12-22(29-25)23-20(16-19-10-5-6-11-21(19)26)24(32)31-15-7-14-30(23)31;2*1-27(25,26)18-20-8-7-15(21-18)16-13(11-12-5-2-3-6-14(12)19)17(24)23-10-4-9-22(16)23;1-25-18-20-8-7-15(21-18)16-13(11-12-5-2-3-6-14(12)19)17(24)23-10-4-9-22(16)23;1-7(9)8-5-3-2-4-6-8/h2-6,8-13,17H,7,14-16H2,1H3,(H,27,28,29);2*2-3,5-8H,4,9-11H2,1H3;2-3,5-8H,4,9-11H2,1H3;2-7H,9H2,1H3/t17-;;;;7-/m0...0/s1. The second-order valence-electron chi connectivity index (χ2n) is 29.2. The second-order valence-corrected chi connectivity index (χ2v) is 35.4. The van der Waals surface area contributed by atoms with Crippen molar-refractivity contribution in [2.75, 3.05) is 24.1 Å². The number of sulfone groups is 2. The summed E-state index contributed by atoms with van der Waals surface area (Å²) in [6.07, 6.45) is 15.6. The van der Waals surface area contributed by atoms with E-state index in [1.165, 1.54) is 29.7 Å². The van der Waals surface area contributed by atoms with Gasteiger partial charge in [-0.05, 0) is 128 Å². The minimum Gasteiger partial charge on any atom is -0.348 e. The van der Waals surface area contributed by atoms with Gasteiger partial charge < -0.3 is 11.1 Å². The van der Waals surface area contributed by atoms with Gasteiger partial charge in [-0.15, -0.1) is 0 Å². The second kappa shape index (κ2) is 37.6. The number of benzene rings is 6. The molecule has 120 heavy (non-hydrogen) atoms. The molecular formula is C87H86Cl4N18O8S3. The zero-order chi connectivity index (χ0) is 84.5. The molecular weight excluding hydrogens is 1660 g/mol. The van der Waals surface area contributed by atoms with E-state index >= 15 is 0 Å². The number of nitrogens with zero attached hydrogens (tertiary/aromatic N) is 16. The Kier molecular flexibility index (Phi) is 26.8. The maximum absolute atomic E-state index is 13.3. The van der Waals surface area contributed by atoms with E-state index in [-0.39, 0.29) is 44.6 Å². The fourth-order valence-electron chi connectivity index (χ4n) is 15.2. The number of halogens is 4. The highest BCUT2D eigenvalue weighted by atomic mass is 35.5. The molecule has 33 heteroatoms. The van der Waals surface area contributed by atoms with Gasteiger partial charge in [-0.2, -0.15) is 0 Å². The Hall–Kier alpha value is -11.2. The van der Waals surface area contributed by atoms with Crippen molar-refractivity contribution < 1.29 is 16.8 Å². The van der Waals surface area contributed by atoms with E-state index in [4.69, 9.17) is 57.1 Å². The zero-order valence-corrected chi connectivity index (χ0v) is 71.8. The molecule has 4 aliphatic rings. The molecule has 618 valence electrons. The average molecular weight is 1750 g/mol. The van der Waals surface area contributed by atoms with Crippen LogP contribution in [0.3, 0.4) is 0 Å². The summed E-state index contributed by atoms with van der Waals surface area (Å²) in [6.45, 7) is 9.73. The van der Waals surface area contributed by atoms with Gasteiger partial charge >= 0.3 is 0 Å². The van der Waals surface area contributed by atoms with E-state index in [1.807, 2.05) is 177 Å². The quantitative estimate of drug-likeness (QED) is 0.0561. The lowest BCUT2D eigenvalue weighted by Gasteiger charge is -2.15. The Morgan fingerprint density at radius 3 is 0.967 bits per heavy atom. The Bertz CT molecular complexity index is 6410. The van der Waals surface area contributed by atoms with Crippen LogP contribution in [0.15, 0.2) is 241 Å². The van der Waals surface area contributed by atoms with Crippen molar-refractivity contribution in [3.63, 3.8) is 0 Å². The van der Waals surface area contributed by atoms with E-state index in [0.29, 0.717) is 117 Å². The van der Waals surface area contributed by atoms with Crippen LogP contribution in [0, 0.1) is 0 Å². The third-order valence-corrected chi connectivity index (χ3v) is 24.7. The molecule has 0 saturated heterocycles. The third-order valence-electron chi connectivity index (χ3n) is 20.9. The number of thioether (sulfide) groups is 1. The monoisotopic (exact) mass is 1750 g/mol. The zero-order valence-electron chi connectivity index (χ0n) is 66.3. The molecule has 4 aliphatic heterocycles. The maximum atomic E-state index is 13.3. The molecule has 2 atom stereocenters. The van der Waals surface area contributed by atoms with Gasteiger partial charge in [0.2, 0.25) is 35.9 Å². The van der Waals surface area contributed by atoms with Crippen molar-refractivity contribution in [3.8, 4) is 45.6 Å². The van der Waals surface area contributed by atoms with E-state index in [0.717, 1.165) is 126 Å². The van der Waals surface area contributed by atoms with Crippen LogP contribution in [0.2, 0.25) is 20.1 Å². The number of rotatable bonds is 19. The van der Waals surface area contributed by atoms with Crippen molar-refractivity contribution in [3.05, 3.63) is 324 Å². The minimum absolute atomic E-state index is 0.0307. The average Bonchev–Trinajstić information content (AvgIpc) is 1.62. The molecule has 8 aromatic heterocycles. The fourth-order valence-corrected chi connectivity index (χ4v) is 17.4. The van der Waals surface area contributed by atoms with Crippen LogP contribution in [-0.4, -0.2) is 113 Å². The summed E-state index contributed by atoms with van der Waals surface area (Å²) in [5, 5.41) is 6.08. The largest absolute Gasteiger partial charge is 0.348 e. The smallest absolute Gasteiger partial charge is 0.270 e. The molecule has 18 rings (SSSR count). The SMILES string of the molecule is CS(=O)(=O)c1nccc(-c2c(Cc3ccccc3Cl)c(=O)n3n2CCC3)n1.CS(=O)(=O)c1nccc(-c2c(Cc3ccccc3Cl)c(=O)n3n2CCC3)n1.CSc1nccc(-c2c(Cc3ccccc3Cl)c(=O)n3n2CCC3)n1.C[C@H](N)c1ccccc1.C[C@H](Nc1nccc(-c2c(Cc3ccccc3Cl)c(=O)n3n2CCC3)n1)c1ccccc1. The van der Waals surface area contributed by atoms with Crippen LogP contribution >= 0.6 is 58.2 Å². The molecule has 0 amide bonds. The molecule has 0 aliphatic carbocycles. The number of nitrogens with one attached hydrogen (secondary N) is 1. The predicted molar refractivity (Wildman–Crippen MR) is 470 cm³/mol. The molecule has 14 aromatic rings. The highest BCUT2D eigenvalue weighted by Crippen LogP contribution is 2.35. The van der Waals surface area contributed by atoms with Gasteiger partial charge in [0.05, 0.1) is 73.8 Å². The van der Waals surface area contributed by atoms with Crippen molar-refractivity contribution in [2.45, 2.75) is 145 Å². The topological polar surface area (TPSA) is 317 Å². The number of fused-ring (bicyclic) bond motifs is 4. The molecule has 0 fully saturated rings. The highest BCUT2D eigenvalue weighted by Gasteiger charge is 2.32. The molecule has 12 heterocycles. The van der Waals surface area contributed by atoms with E-state index in [2.05, 4.69) is 68.6 Å². The number of nitrogens with two attached hydrogens (primary N) is 1. The minimum atomic E-state index is -3.56. The van der Waals surface area contributed by atoms with Crippen molar-refractivity contribution >= 4 is 83.8 Å². The first-order chi connectivity index (χ1) is 57.8. The Labute approximate surface area is 717 Å². The molecule has 3 N–H and O–H groups in total. The molecule has 0 radical (unpaired) electrons. The van der Waals surface area contributed by atoms with Gasteiger partial charge in [-0.25, -0.2) is 75.4 Å². The molecule has 0 saturated carbocycles. The lowest BCUT2D eigenvalue weighted by atomic mass is 10.0. The summed E-state index contributed by atoms with van der Waals surface area (Å²) < 4.78 is 62.3. The number of anilines is 1. The first-order valence-corrected chi connectivity index (χ1v) is 45.5. The molecule has 0 bridgehead atoms. The van der Waals surface area contributed by atoms with Crippen molar-refractivity contribution in [1.82, 2.24) is 77.3 Å². The first kappa shape index (κ1) is 85.3. The van der Waals surface area contributed by atoms with Crippen molar-refractivity contribution in [2.24, 2.45) is 5.73 Å². The Morgan fingerprint density at radius 1 is 0.375 bits per heavy atom. The van der Waals surface area contributed by atoms with Crippen LogP contribution in [0.5, 0.6) is 0 Å². The summed E-state index contributed by atoms with van der Waals surface area (Å²) >= 11 is 26.8. The molecule has 6 aromatic carbocycles. The number of hydrogen-bond acceptors (Lipinski definition) is 19. The van der Waals surface area contributed by atoms with Crippen LogP contribution in [0.1, 0.15) is 107 Å². The maximum Gasteiger partial charge on any atom is 0.270 e. The van der Waals surface area contributed by atoms with E-state index in [9.17, 15) is 36.0 Å². The van der Waals surface area contributed by atoms with Crippen molar-refractivity contribution in [1.29, 1.82) is 0 Å². The number of aromatic nitrogens is 16. The van der Waals surface area contributed by atoms with Crippen LogP contribution < -0.4 is 33.3 Å². The molecule has 26 nitrogen and oxygen atoms in total. The summed E-state index contributed by atoms with van der Waals surface area (Å²) in [7, 11) is -7.11. The van der Waals surface area contributed by atoms with Crippen LogP contribution in [-0.2, 0) is 97.7 Å². The fraction of sp³-hybridized carbons (Fsp3) is 0.264. The summed E-state index contributed by atoms with van der Waals surface area (Å²) in [4.78, 5) is 86.5. The highest BCUT2D eigenvalue weighted by molar-refractivity contribution is 7.98. The molecule has 0 unspecified atom stereocenters. The lowest BCUT2D eigenvalue weighted by molar-refractivity contribution is 0.589. The summed E-state index contributed by atoms with van der Waals surface area (Å²) in [5.74, 6) is 0.536. The van der Waals surface area contributed by atoms with Crippen LogP contribution in [0.4, 0.5) is 5.95 Å². The molecule has 0 spiro atoms. The van der Waals surface area contributed by atoms with E-state index in [1.54, 1.807) is 46.0 Å².